The Morgan fingerprint density at radius 1 is 1.13 bits per heavy atom. The molecular formula is C22H27N. The Hall–Kier alpha value is -1.86. The second-order valence-electron chi connectivity index (χ2n) is 7.20. The van der Waals surface area contributed by atoms with Gasteiger partial charge in [0.1, 0.15) is 0 Å². The zero-order valence-electron chi connectivity index (χ0n) is 14.3. The minimum Gasteiger partial charge on any atom is -0.306 e. The van der Waals surface area contributed by atoms with Crippen LogP contribution >= 0.6 is 0 Å². The summed E-state index contributed by atoms with van der Waals surface area (Å²) in [4.78, 5) is 0. The van der Waals surface area contributed by atoms with Crippen molar-refractivity contribution in [3.8, 4) is 0 Å². The van der Waals surface area contributed by atoms with Gasteiger partial charge in [0.2, 0.25) is 0 Å². The standard InChI is InChI=1S/C22H27N/c1-4-17-8-5-6-10-20(17)21-11-7-9-18-12-14-22(2,3)15-13-19(18)16-23-21/h4-6,8,10,12-15,21,23H,1,7,9,11,16H2,2-3H3. The molecule has 0 radical (unpaired) electrons. The minimum atomic E-state index is 0.149. The summed E-state index contributed by atoms with van der Waals surface area (Å²) in [7, 11) is 0. The van der Waals surface area contributed by atoms with Crippen molar-refractivity contribution in [3.63, 3.8) is 0 Å². The molecule has 0 fully saturated rings. The number of rotatable bonds is 2. The number of allylic oxidation sites excluding steroid dienone is 4. The molecule has 0 saturated heterocycles. The van der Waals surface area contributed by atoms with Crippen LogP contribution in [0.15, 0.2) is 66.3 Å². The Morgan fingerprint density at radius 3 is 2.65 bits per heavy atom. The van der Waals surface area contributed by atoms with Gasteiger partial charge in [0.15, 0.2) is 0 Å². The quantitative estimate of drug-likeness (QED) is 0.750. The summed E-state index contributed by atoms with van der Waals surface area (Å²) in [6.07, 6.45) is 14.8. The summed E-state index contributed by atoms with van der Waals surface area (Å²) in [5.74, 6) is 0. The number of nitrogens with one attached hydrogen (secondary N) is 1. The Kier molecular flexibility index (Phi) is 4.68. The molecule has 1 atom stereocenters. The summed E-state index contributed by atoms with van der Waals surface area (Å²) in [6, 6.07) is 9.02. The molecule has 1 heteroatoms. The Morgan fingerprint density at radius 2 is 1.87 bits per heavy atom. The zero-order chi connectivity index (χ0) is 16.3. The maximum atomic E-state index is 3.96. The lowest BCUT2D eigenvalue weighted by Gasteiger charge is -2.25. The molecule has 1 aromatic carbocycles. The third-order valence-electron chi connectivity index (χ3n) is 4.91. The van der Waals surface area contributed by atoms with E-state index >= 15 is 0 Å². The van der Waals surface area contributed by atoms with Gasteiger partial charge in [0.05, 0.1) is 0 Å². The van der Waals surface area contributed by atoms with Crippen LogP contribution in [0, 0.1) is 5.41 Å². The lowest BCUT2D eigenvalue weighted by molar-refractivity contribution is 0.493. The van der Waals surface area contributed by atoms with Gasteiger partial charge < -0.3 is 5.32 Å². The fraction of sp³-hybridized carbons (Fsp3) is 0.364. The normalized spacial score (nSPS) is 23.7. The van der Waals surface area contributed by atoms with Gasteiger partial charge in [-0.3, -0.25) is 0 Å². The molecule has 0 aromatic heterocycles. The Labute approximate surface area is 140 Å². The number of benzene rings is 1. The molecule has 1 aliphatic carbocycles. The minimum absolute atomic E-state index is 0.149. The molecule has 23 heavy (non-hydrogen) atoms. The van der Waals surface area contributed by atoms with Crippen molar-refractivity contribution >= 4 is 6.08 Å². The van der Waals surface area contributed by atoms with E-state index in [-0.39, 0.29) is 5.41 Å². The summed E-state index contributed by atoms with van der Waals surface area (Å²) in [6.45, 7) is 9.42. The third-order valence-corrected chi connectivity index (χ3v) is 4.91. The fourth-order valence-corrected chi connectivity index (χ4v) is 3.43. The van der Waals surface area contributed by atoms with Crippen molar-refractivity contribution in [3.05, 3.63) is 77.4 Å². The van der Waals surface area contributed by atoms with E-state index in [1.165, 1.54) is 41.5 Å². The van der Waals surface area contributed by atoms with Crippen molar-refractivity contribution in [1.29, 1.82) is 0 Å². The maximum absolute atomic E-state index is 3.96. The van der Waals surface area contributed by atoms with E-state index in [0.717, 1.165) is 6.54 Å². The molecule has 1 unspecified atom stereocenters. The van der Waals surface area contributed by atoms with E-state index in [9.17, 15) is 0 Å². The second-order valence-corrected chi connectivity index (χ2v) is 7.20. The van der Waals surface area contributed by atoms with Crippen LogP contribution in [0.3, 0.4) is 0 Å². The average molecular weight is 305 g/mol. The highest BCUT2D eigenvalue weighted by Crippen LogP contribution is 2.31. The van der Waals surface area contributed by atoms with Crippen molar-refractivity contribution < 1.29 is 0 Å². The van der Waals surface area contributed by atoms with E-state index in [2.05, 4.69) is 74.3 Å². The molecule has 0 amide bonds. The first kappa shape index (κ1) is 16.0. The first-order valence-corrected chi connectivity index (χ1v) is 8.64. The largest absolute Gasteiger partial charge is 0.306 e. The molecule has 120 valence electrons. The average Bonchev–Trinajstić information content (AvgIpc) is 2.66. The SMILES string of the molecule is C=Cc1ccccc1C1CCCC2=C(C=CC(C)(C)C=C2)CN1. The molecule has 1 heterocycles. The first-order valence-electron chi connectivity index (χ1n) is 8.64. The van der Waals surface area contributed by atoms with Crippen LogP contribution < -0.4 is 5.32 Å². The van der Waals surface area contributed by atoms with Gasteiger partial charge in [-0.2, -0.15) is 0 Å². The summed E-state index contributed by atoms with van der Waals surface area (Å²) < 4.78 is 0. The zero-order valence-corrected chi connectivity index (χ0v) is 14.3. The smallest absolute Gasteiger partial charge is 0.0329 e. The topological polar surface area (TPSA) is 12.0 Å². The maximum Gasteiger partial charge on any atom is 0.0329 e. The van der Waals surface area contributed by atoms with Crippen LogP contribution in [0.4, 0.5) is 0 Å². The predicted molar refractivity (Wildman–Crippen MR) is 100 cm³/mol. The lowest BCUT2D eigenvalue weighted by atomic mass is 9.91. The molecule has 0 spiro atoms. The van der Waals surface area contributed by atoms with Gasteiger partial charge in [-0.1, -0.05) is 75.1 Å². The van der Waals surface area contributed by atoms with Crippen molar-refractivity contribution in [1.82, 2.24) is 5.32 Å². The molecule has 3 rings (SSSR count). The van der Waals surface area contributed by atoms with E-state index in [0.29, 0.717) is 6.04 Å². The highest BCUT2D eigenvalue weighted by molar-refractivity contribution is 5.53. The molecule has 0 bridgehead atoms. The number of hydrogen-bond acceptors (Lipinski definition) is 1. The highest BCUT2D eigenvalue weighted by atomic mass is 14.9. The summed E-state index contributed by atoms with van der Waals surface area (Å²) in [5, 5.41) is 3.78. The molecule has 1 aliphatic heterocycles. The van der Waals surface area contributed by atoms with Crippen LogP contribution in [-0.2, 0) is 0 Å². The monoisotopic (exact) mass is 305 g/mol. The molecule has 2 aliphatic rings. The Balaban J connectivity index is 1.84. The van der Waals surface area contributed by atoms with Gasteiger partial charge >= 0.3 is 0 Å². The van der Waals surface area contributed by atoms with E-state index in [1.54, 1.807) is 0 Å². The lowest BCUT2D eigenvalue weighted by Crippen LogP contribution is -2.26. The van der Waals surface area contributed by atoms with E-state index in [4.69, 9.17) is 0 Å². The van der Waals surface area contributed by atoms with Gasteiger partial charge in [-0.25, -0.2) is 0 Å². The molecular weight excluding hydrogens is 278 g/mol. The molecule has 1 N–H and O–H groups in total. The van der Waals surface area contributed by atoms with Crippen molar-refractivity contribution in [2.24, 2.45) is 5.41 Å². The van der Waals surface area contributed by atoms with Crippen LogP contribution in [-0.4, -0.2) is 6.54 Å². The van der Waals surface area contributed by atoms with Gasteiger partial charge in [-0.15, -0.1) is 0 Å². The molecule has 1 nitrogen and oxygen atoms in total. The predicted octanol–water partition coefficient (Wildman–Crippen LogP) is 5.59. The third kappa shape index (κ3) is 3.73. The van der Waals surface area contributed by atoms with Gasteiger partial charge in [0.25, 0.3) is 0 Å². The summed E-state index contributed by atoms with van der Waals surface area (Å²) >= 11 is 0. The van der Waals surface area contributed by atoms with Crippen LogP contribution in [0.5, 0.6) is 0 Å². The Bertz CT molecular complexity index is 673. The van der Waals surface area contributed by atoms with Crippen LogP contribution in [0.25, 0.3) is 6.08 Å². The van der Waals surface area contributed by atoms with Crippen molar-refractivity contribution in [2.75, 3.05) is 6.54 Å². The van der Waals surface area contributed by atoms with E-state index in [1.807, 2.05) is 6.08 Å². The highest BCUT2D eigenvalue weighted by Gasteiger charge is 2.19. The van der Waals surface area contributed by atoms with Crippen LogP contribution in [0.2, 0.25) is 0 Å². The fourth-order valence-electron chi connectivity index (χ4n) is 3.43. The van der Waals surface area contributed by atoms with Gasteiger partial charge in [0, 0.05) is 18.0 Å². The summed E-state index contributed by atoms with van der Waals surface area (Å²) in [5.41, 5.74) is 5.70. The molecule has 1 aromatic rings. The van der Waals surface area contributed by atoms with Gasteiger partial charge in [-0.05, 0) is 41.5 Å². The first-order chi connectivity index (χ1) is 11.1. The van der Waals surface area contributed by atoms with E-state index < -0.39 is 0 Å². The second kappa shape index (κ2) is 6.72. The molecule has 0 saturated carbocycles. The number of hydrogen-bond donors (Lipinski definition) is 1. The van der Waals surface area contributed by atoms with Crippen molar-refractivity contribution in [2.45, 2.75) is 39.2 Å². The van der Waals surface area contributed by atoms with Crippen LogP contribution in [0.1, 0.15) is 50.3 Å².